The molecule has 1 aromatic heterocycles. The zero-order chi connectivity index (χ0) is 25.5. The summed E-state index contributed by atoms with van der Waals surface area (Å²) in [6.45, 7) is 4.06. The first kappa shape index (κ1) is 24.6. The summed E-state index contributed by atoms with van der Waals surface area (Å²) in [7, 11) is 0. The summed E-state index contributed by atoms with van der Waals surface area (Å²) in [5.74, 6) is -0.646. The summed E-state index contributed by atoms with van der Waals surface area (Å²) in [5.41, 5.74) is 0.290. The van der Waals surface area contributed by atoms with Gasteiger partial charge in [-0.05, 0) is 69.3 Å². The van der Waals surface area contributed by atoms with Gasteiger partial charge in [0.2, 0.25) is 0 Å². The van der Waals surface area contributed by atoms with Crippen LogP contribution in [0.15, 0.2) is 54.6 Å². The number of benzene rings is 2. The number of piperidine rings is 1. The van der Waals surface area contributed by atoms with Crippen LogP contribution in [-0.4, -0.2) is 45.3 Å². The van der Waals surface area contributed by atoms with Crippen molar-refractivity contribution in [1.82, 2.24) is 20.3 Å². The maximum atomic E-state index is 14.1. The summed E-state index contributed by atoms with van der Waals surface area (Å²) in [6, 6.07) is 17.5. The lowest BCUT2D eigenvalue weighted by atomic mass is 9.47. The number of hydrogen-bond acceptors (Lipinski definition) is 6. The van der Waals surface area contributed by atoms with Gasteiger partial charge in [-0.25, -0.2) is 9.48 Å². The zero-order valence-electron chi connectivity index (χ0n) is 21.7. The predicted molar refractivity (Wildman–Crippen MR) is 142 cm³/mol. The second kappa shape index (κ2) is 9.52. The Morgan fingerprint density at radius 2 is 1.81 bits per heavy atom. The number of nitrogens with one attached hydrogen (secondary N) is 1. The van der Waals surface area contributed by atoms with E-state index in [0.29, 0.717) is 5.56 Å². The highest BCUT2D eigenvalue weighted by molar-refractivity contribution is 5.82. The SMILES string of the molecule is CCCC1(n2nnc3ccccc32)C(OC(=O)C(O)(c2ccccc2)C2CCCC2)CC12CCNCC2. The van der Waals surface area contributed by atoms with E-state index >= 15 is 0 Å². The Balaban J connectivity index is 1.42. The van der Waals surface area contributed by atoms with Gasteiger partial charge in [-0.1, -0.05) is 73.9 Å². The third-order valence-corrected chi connectivity index (χ3v) is 9.67. The molecule has 0 bridgehead atoms. The minimum absolute atomic E-state index is 0.0338. The minimum Gasteiger partial charge on any atom is -0.457 e. The van der Waals surface area contributed by atoms with Crippen LogP contribution in [0.5, 0.6) is 0 Å². The number of hydrogen-bond donors (Lipinski definition) is 2. The Bertz CT molecular complexity index is 1250. The highest BCUT2D eigenvalue weighted by atomic mass is 16.6. The first-order valence-electron chi connectivity index (χ1n) is 14.1. The summed E-state index contributed by atoms with van der Waals surface area (Å²) >= 11 is 0. The summed E-state index contributed by atoms with van der Waals surface area (Å²) < 4.78 is 8.57. The molecule has 3 aliphatic rings. The lowest BCUT2D eigenvalue weighted by molar-refractivity contribution is -0.235. The van der Waals surface area contributed by atoms with Gasteiger partial charge in [0.15, 0.2) is 5.60 Å². The molecule has 0 radical (unpaired) electrons. The fourth-order valence-corrected chi connectivity index (χ4v) is 7.81. The van der Waals surface area contributed by atoms with Crippen molar-refractivity contribution in [3.8, 4) is 0 Å². The second-order valence-corrected chi connectivity index (χ2v) is 11.4. The van der Waals surface area contributed by atoms with E-state index in [0.717, 1.165) is 81.9 Å². The molecule has 2 aromatic carbocycles. The van der Waals surface area contributed by atoms with Crippen molar-refractivity contribution in [1.29, 1.82) is 0 Å². The highest BCUT2D eigenvalue weighted by Crippen LogP contribution is 2.63. The van der Waals surface area contributed by atoms with E-state index in [1.165, 1.54) is 0 Å². The molecule has 0 amide bonds. The normalized spacial score (nSPS) is 27.1. The van der Waals surface area contributed by atoms with Crippen LogP contribution in [-0.2, 0) is 20.7 Å². The standard InChI is InChI=1S/C30H38N4O3/c1-2-16-29(34-25-15-9-8-14-24(25)32-33-34)26(21-28(29)17-19-31-20-18-28)37-27(35)30(36,23-12-6-7-13-23)22-10-4-3-5-11-22/h3-5,8-11,14-15,23,26,31,36H,2,6-7,12-13,16-21H2,1H3. The number of para-hydroxylation sites is 1. The molecule has 1 saturated heterocycles. The van der Waals surface area contributed by atoms with Gasteiger partial charge in [-0.2, -0.15) is 0 Å². The number of ether oxygens (including phenoxy) is 1. The number of carbonyl (C=O) groups is 1. The zero-order valence-corrected chi connectivity index (χ0v) is 21.7. The topological polar surface area (TPSA) is 89.3 Å². The Morgan fingerprint density at radius 3 is 2.54 bits per heavy atom. The van der Waals surface area contributed by atoms with Crippen LogP contribution in [0.2, 0.25) is 0 Å². The van der Waals surface area contributed by atoms with Crippen LogP contribution in [0, 0.1) is 11.3 Å². The van der Waals surface area contributed by atoms with Gasteiger partial charge in [0.05, 0.1) is 5.52 Å². The third-order valence-electron chi connectivity index (χ3n) is 9.67. The molecule has 196 valence electrons. The van der Waals surface area contributed by atoms with Gasteiger partial charge >= 0.3 is 5.97 Å². The van der Waals surface area contributed by atoms with E-state index in [9.17, 15) is 9.90 Å². The number of carbonyl (C=O) groups excluding carboxylic acids is 1. The van der Waals surface area contributed by atoms with Crippen molar-refractivity contribution < 1.29 is 14.6 Å². The molecule has 3 atom stereocenters. The number of fused-ring (bicyclic) bond motifs is 1. The quantitative estimate of drug-likeness (QED) is 0.456. The van der Waals surface area contributed by atoms with Gasteiger partial charge in [-0.3, -0.25) is 0 Å². The maximum absolute atomic E-state index is 14.1. The molecular formula is C30H38N4O3. The average molecular weight is 503 g/mol. The molecule has 7 heteroatoms. The van der Waals surface area contributed by atoms with Gasteiger partial charge in [0.1, 0.15) is 17.2 Å². The van der Waals surface area contributed by atoms with Gasteiger partial charge in [0.25, 0.3) is 0 Å². The van der Waals surface area contributed by atoms with Gasteiger partial charge in [0, 0.05) is 11.3 Å². The van der Waals surface area contributed by atoms with Crippen molar-refractivity contribution in [2.45, 2.75) is 82.0 Å². The first-order chi connectivity index (χ1) is 18.0. The molecule has 2 heterocycles. The van der Waals surface area contributed by atoms with Crippen molar-refractivity contribution in [2.24, 2.45) is 11.3 Å². The van der Waals surface area contributed by atoms with Gasteiger partial charge in [-0.15, -0.1) is 5.10 Å². The van der Waals surface area contributed by atoms with E-state index in [2.05, 4.69) is 28.1 Å². The first-order valence-corrected chi connectivity index (χ1v) is 14.1. The van der Waals surface area contributed by atoms with E-state index in [1.54, 1.807) is 0 Å². The van der Waals surface area contributed by atoms with Crippen LogP contribution < -0.4 is 5.32 Å². The van der Waals surface area contributed by atoms with Crippen LogP contribution in [0.3, 0.4) is 0 Å². The number of rotatable bonds is 7. The molecular weight excluding hydrogens is 464 g/mol. The minimum atomic E-state index is -1.64. The number of nitrogens with zero attached hydrogens (tertiary/aromatic N) is 3. The molecule has 2 aliphatic carbocycles. The molecule has 3 fully saturated rings. The van der Waals surface area contributed by atoms with Crippen LogP contribution in [0.25, 0.3) is 11.0 Å². The van der Waals surface area contributed by atoms with Crippen LogP contribution in [0.1, 0.15) is 70.3 Å². The fourth-order valence-electron chi connectivity index (χ4n) is 7.81. The van der Waals surface area contributed by atoms with E-state index in [4.69, 9.17) is 9.95 Å². The average Bonchev–Trinajstić information content (AvgIpc) is 3.63. The summed E-state index contributed by atoms with van der Waals surface area (Å²) in [5, 5.41) is 24.8. The molecule has 1 spiro atoms. The molecule has 6 rings (SSSR count). The Morgan fingerprint density at radius 1 is 1.11 bits per heavy atom. The molecule has 3 unspecified atom stereocenters. The van der Waals surface area contributed by atoms with Crippen molar-refractivity contribution >= 4 is 17.0 Å². The van der Waals surface area contributed by atoms with Crippen LogP contribution in [0.4, 0.5) is 0 Å². The fraction of sp³-hybridized carbons (Fsp3) is 0.567. The lowest BCUT2D eigenvalue weighted by Crippen LogP contribution is -2.71. The number of aliphatic hydroxyl groups is 1. The van der Waals surface area contributed by atoms with Crippen molar-refractivity contribution in [3.63, 3.8) is 0 Å². The smallest absolute Gasteiger partial charge is 0.343 e. The van der Waals surface area contributed by atoms with E-state index in [1.807, 2.05) is 48.5 Å². The van der Waals surface area contributed by atoms with Crippen LogP contribution >= 0.6 is 0 Å². The Labute approximate surface area is 218 Å². The highest BCUT2D eigenvalue weighted by Gasteiger charge is 2.69. The molecule has 37 heavy (non-hydrogen) atoms. The Kier molecular flexibility index (Phi) is 6.32. The predicted octanol–water partition coefficient (Wildman–Crippen LogP) is 4.69. The Hall–Kier alpha value is -2.77. The maximum Gasteiger partial charge on any atom is 0.343 e. The van der Waals surface area contributed by atoms with E-state index < -0.39 is 17.1 Å². The molecule has 2 N–H and O–H groups in total. The third kappa shape index (κ3) is 3.65. The molecule has 2 saturated carbocycles. The monoisotopic (exact) mass is 502 g/mol. The summed E-state index contributed by atoms with van der Waals surface area (Å²) in [6.07, 6.45) is 7.89. The number of esters is 1. The largest absolute Gasteiger partial charge is 0.457 e. The summed E-state index contributed by atoms with van der Waals surface area (Å²) in [4.78, 5) is 14.1. The molecule has 1 aliphatic heterocycles. The second-order valence-electron chi connectivity index (χ2n) is 11.4. The molecule has 7 nitrogen and oxygen atoms in total. The number of aromatic nitrogens is 3. The van der Waals surface area contributed by atoms with Crippen molar-refractivity contribution in [2.75, 3.05) is 13.1 Å². The van der Waals surface area contributed by atoms with E-state index in [-0.39, 0.29) is 17.4 Å². The van der Waals surface area contributed by atoms with Crippen molar-refractivity contribution in [3.05, 3.63) is 60.2 Å². The lowest BCUT2D eigenvalue weighted by Gasteiger charge is -2.65. The van der Waals surface area contributed by atoms with Gasteiger partial charge < -0.3 is 15.2 Å². The molecule has 3 aromatic rings.